The largest absolute Gasteiger partial charge is 0.481 e. The van der Waals surface area contributed by atoms with Crippen molar-refractivity contribution in [1.29, 1.82) is 0 Å². The lowest BCUT2D eigenvalue weighted by molar-refractivity contribution is -0.149. The molecule has 0 aliphatic carbocycles. The molecule has 0 saturated heterocycles. The predicted molar refractivity (Wildman–Crippen MR) is 63.3 cm³/mol. The van der Waals surface area contributed by atoms with Crippen LogP contribution in [0.15, 0.2) is 6.20 Å². The number of carbonyl (C=O) groups is 1. The summed E-state index contributed by atoms with van der Waals surface area (Å²) < 4.78 is 1.56. The second kappa shape index (κ2) is 5.27. The van der Waals surface area contributed by atoms with Crippen molar-refractivity contribution in [2.24, 2.45) is 24.1 Å². The van der Waals surface area contributed by atoms with E-state index in [0.717, 1.165) is 0 Å². The predicted octanol–water partition coefficient (Wildman–Crippen LogP) is 0.433. The second-order valence-corrected chi connectivity index (χ2v) is 4.95. The average molecular weight is 240 g/mol. The Labute approximate surface area is 101 Å². The fourth-order valence-corrected chi connectivity index (χ4v) is 2.08. The van der Waals surface area contributed by atoms with Crippen LogP contribution in [0.4, 0.5) is 0 Å². The first-order chi connectivity index (χ1) is 7.89. The highest BCUT2D eigenvalue weighted by Gasteiger charge is 2.38. The molecule has 1 aromatic heterocycles. The summed E-state index contributed by atoms with van der Waals surface area (Å²) in [5, 5.41) is 17.1. The molecular formula is C11H20N4O2. The molecule has 1 rings (SSSR count). The number of aromatic nitrogens is 3. The van der Waals surface area contributed by atoms with E-state index in [1.807, 2.05) is 13.8 Å². The molecule has 0 amide bonds. The lowest BCUT2D eigenvalue weighted by atomic mass is 9.76. The molecule has 1 heterocycles. The van der Waals surface area contributed by atoms with Gasteiger partial charge in [-0.2, -0.15) is 0 Å². The lowest BCUT2D eigenvalue weighted by Crippen LogP contribution is -2.41. The molecule has 17 heavy (non-hydrogen) atoms. The maximum Gasteiger partial charge on any atom is 0.311 e. The molecule has 1 atom stereocenters. The molecule has 6 nitrogen and oxygen atoms in total. The minimum Gasteiger partial charge on any atom is -0.481 e. The number of rotatable bonds is 6. The standard InChI is InChI=1S/C11H20N4O2/c1-8(2)4-11(7-12,10(16)17)5-9-6-15(3)14-13-9/h6,8H,4-5,7,12H2,1-3H3,(H,16,17). The van der Waals surface area contributed by atoms with Crippen molar-refractivity contribution in [3.8, 4) is 0 Å². The van der Waals surface area contributed by atoms with E-state index in [1.165, 1.54) is 0 Å². The summed E-state index contributed by atoms with van der Waals surface area (Å²) >= 11 is 0. The van der Waals surface area contributed by atoms with Crippen molar-refractivity contribution >= 4 is 5.97 Å². The number of carboxylic acid groups (broad SMARTS) is 1. The Morgan fingerprint density at radius 2 is 2.29 bits per heavy atom. The highest BCUT2D eigenvalue weighted by molar-refractivity contribution is 5.75. The highest BCUT2D eigenvalue weighted by atomic mass is 16.4. The van der Waals surface area contributed by atoms with Crippen molar-refractivity contribution in [3.63, 3.8) is 0 Å². The number of aryl methyl sites for hydroxylation is 1. The van der Waals surface area contributed by atoms with Crippen LogP contribution in [0.5, 0.6) is 0 Å². The number of carboxylic acids is 1. The maximum atomic E-state index is 11.5. The Morgan fingerprint density at radius 3 is 2.65 bits per heavy atom. The summed E-state index contributed by atoms with van der Waals surface area (Å²) in [6.07, 6.45) is 2.59. The van der Waals surface area contributed by atoms with Gasteiger partial charge in [-0.3, -0.25) is 9.48 Å². The van der Waals surface area contributed by atoms with Gasteiger partial charge >= 0.3 is 5.97 Å². The topological polar surface area (TPSA) is 94.0 Å². The zero-order valence-corrected chi connectivity index (χ0v) is 10.6. The highest BCUT2D eigenvalue weighted by Crippen LogP contribution is 2.29. The molecule has 1 unspecified atom stereocenters. The Morgan fingerprint density at radius 1 is 1.65 bits per heavy atom. The smallest absolute Gasteiger partial charge is 0.311 e. The van der Waals surface area contributed by atoms with Crippen LogP contribution in [0.25, 0.3) is 0 Å². The van der Waals surface area contributed by atoms with Gasteiger partial charge in [-0.25, -0.2) is 0 Å². The van der Waals surface area contributed by atoms with Gasteiger partial charge in [-0.1, -0.05) is 19.1 Å². The Bertz CT molecular complexity index is 389. The molecular weight excluding hydrogens is 220 g/mol. The van der Waals surface area contributed by atoms with Gasteiger partial charge in [0.05, 0.1) is 11.1 Å². The van der Waals surface area contributed by atoms with E-state index in [2.05, 4.69) is 10.3 Å². The summed E-state index contributed by atoms with van der Waals surface area (Å²) in [6, 6.07) is 0. The summed E-state index contributed by atoms with van der Waals surface area (Å²) in [5.41, 5.74) is 5.40. The maximum absolute atomic E-state index is 11.5. The molecule has 0 radical (unpaired) electrons. The first-order valence-electron chi connectivity index (χ1n) is 5.68. The van der Waals surface area contributed by atoms with Crippen molar-refractivity contribution in [2.75, 3.05) is 6.54 Å². The minimum atomic E-state index is -0.940. The number of nitrogens with zero attached hydrogens (tertiary/aromatic N) is 3. The third-order valence-corrected chi connectivity index (χ3v) is 2.81. The van der Waals surface area contributed by atoms with E-state index in [1.54, 1.807) is 17.9 Å². The summed E-state index contributed by atoms with van der Waals surface area (Å²) in [4.78, 5) is 11.5. The number of hydrogen-bond donors (Lipinski definition) is 2. The number of aliphatic carboxylic acids is 1. The Balaban J connectivity index is 2.93. The van der Waals surface area contributed by atoms with Gasteiger partial charge in [-0.15, -0.1) is 5.10 Å². The summed E-state index contributed by atoms with van der Waals surface area (Å²) in [7, 11) is 1.75. The van der Waals surface area contributed by atoms with Gasteiger partial charge in [0.15, 0.2) is 0 Å². The SMILES string of the molecule is CC(C)CC(CN)(Cc1cn(C)nn1)C(=O)O. The fraction of sp³-hybridized carbons (Fsp3) is 0.727. The summed E-state index contributed by atoms with van der Waals surface area (Å²) in [5.74, 6) is -0.592. The van der Waals surface area contributed by atoms with Crippen LogP contribution < -0.4 is 5.73 Å². The lowest BCUT2D eigenvalue weighted by Gasteiger charge is -2.28. The molecule has 6 heteroatoms. The van der Waals surface area contributed by atoms with Gasteiger partial charge < -0.3 is 10.8 Å². The third kappa shape index (κ3) is 3.26. The van der Waals surface area contributed by atoms with Crippen molar-refractivity contribution in [1.82, 2.24) is 15.0 Å². The molecule has 0 spiro atoms. The van der Waals surface area contributed by atoms with Crippen LogP contribution in [0.1, 0.15) is 26.0 Å². The summed E-state index contributed by atoms with van der Waals surface area (Å²) in [6.45, 7) is 4.09. The number of hydrogen-bond acceptors (Lipinski definition) is 4. The zero-order chi connectivity index (χ0) is 13.1. The molecule has 3 N–H and O–H groups in total. The number of nitrogens with two attached hydrogens (primary N) is 1. The van der Waals surface area contributed by atoms with E-state index in [4.69, 9.17) is 5.73 Å². The third-order valence-electron chi connectivity index (χ3n) is 2.81. The first kappa shape index (κ1) is 13.6. The Hall–Kier alpha value is -1.43. The van der Waals surface area contributed by atoms with Crippen LogP contribution in [-0.2, 0) is 18.3 Å². The van der Waals surface area contributed by atoms with Gasteiger partial charge in [0.25, 0.3) is 0 Å². The van der Waals surface area contributed by atoms with E-state index in [9.17, 15) is 9.90 Å². The molecule has 0 aliphatic heterocycles. The molecule has 0 bridgehead atoms. The molecule has 0 aliphatic rings. The molecule has 0 aromatic carbocycles. The van der Waals surface area contributed by atoms with Gasteiger partial charge in [0.1, 0.15) is 0 Å². The minimum absolute atomic E-state index is 0.108. The second-order valence-electron chi connectivity index (χ2n) is 4.95. The van der Waals surface area contributed by atoms with Crippen molar-refractivity contribution in [3.05, 3.63) is 11.9 Å². The zero-order valence-electron chi connectivity index (χ0n) is 10.6. The first-order valence-corrected chi connectivity index (χ1v) is 5.68. The van der Waals surface area contributed by atoms with E-state index in [-0.39, 0.29) is 12.5 Å². The van der Waals surface area contributed by atoms with Crippen molar-refractivity contribution in [2.45, 2.75) is 26.7 Å². The van der Waals surface area contributed by atoms with E-state index >= 15 is 0 Å². The molecule has 1 aromatic rings. The fourth-order valence-electron chi connectivity index (χ4n) is 2.08. The molecule has 0 fully saturated rings. The quantitative estimate of drug-likeness (QED) is 0.752. The molecule has 0 saturated carbocycles. The van der Waals surface area contributed by atoms with Gasteiger partial charge in [0.2, 0.25) is 0 Å². The molecule has 96 valence electrons. The van der Waals surface area contributed by atoms with Crippen LogP contribution in [0, 0.1) is 11.3 Å². The van der Waals surface area contributed by atoms with Crippen LogP contribution >= 0.6 is 0 Å². The monoisotopic (exact) mass is 240 g/mol. The van der Waals surface area contributed by atoms with Crippen LogP contribution in [-0.4, -0.2) is 32.6 Å². The normalized spacial score (nSPS) is 14.9. The van der Waals surface area contributed by atoms with Crippen LogP contribution in [0.3, 0.4) is 0 Å². The van der Waals surface area contributed by atoms with E-state index < -0.39 is 11.4 Å². The average Bonchev–Trinajstić information content (AvgIpc) is 2.61. The van der Waals surface area contributed by atoms with Crippen molar-refractivity contribution < 1.29 is 9.90 Å². The van der Waals surface area contributed by atoms with E-state index in [0.29, 0.717) is 18.5 Å². The van der Waals surface area contributed by atoms with Gasteiger partial charge in [-0.05, 0) is 12.3 Å². The van der Waals surface area contributed by atoms with Gasteiger partial charge in [0, 0.05) is 26.2 Å². The van der Waals surface area contributed by atoms with Crippen LogP contribution in [0.2, 0.25) is 0 Å². The Kier molecular flexibility index (Phi) is 4.22.